The third kappa shape index (κ3) is 3.55. The molecule has 0 atom stereocenters. The number of nitrogens with one attached hydrogen (secondary N) is 1. The second kappa shape index (κ2) is 8.24. The number of aromatic amines is 1. The normalized spacial score (nSPS) is 15.4. The molecule has 166 valence electrons. The van der Waals surface area contributed by atoms with Crippen molar-refractivity contribution in [2.24, 2.45) is 5.73 Å². The lowest BCUT2D eigenvalue weighted by Gasteiger charge is -2.03. The topological polar surface area (TPSA) is 95.6 Å². The van der Waals surface area contributed by atoms with Crippen LogP contribution in [0.2, 0.25) is 0 Å². The molecule has 0 bridgehead atoms. The molecule has 0 fully saturated rings. The zero-order valence-electron chi connectivity index (χ0n) is 18.4. The Labute approximate surface area is 205 Å². The third-order valence-electron chi connectivity index (χ3n) is 6.09. The lowest BCUT2D eigenvalue weighted by atomic mass is 10.0. The van der Waals surface area contributed by atoms with Crippen LogP contribution >= 0.6 is 11.3 Å². The summed E-state index contributed by atoms with van der Waals surface area (Å²) in [6, 6.07) is 29.8. The van der Waals surface area contributed by atoms with E-state index in [0.717, 1.165) is 32.2 Å². The molecule has 0 spiro atoms. The van der Waals surface area contributed by atoms with Gasteiger partial charge in [-0.2, -0.15) is 5.26 Å². The molecule has 3 aromatic carbocycles. The number of nitrogens with zero attached hydrogens (tertiary/aromatic N) is 2. The first-order chi connectivity index (χ1) is 17.1. The molecule has 3 N–H and O–H groups in total. The van der Waals surface area contributed by atoms with E-state index in [2.05, 4.69) is 41.4 Å². The van der Waals surface area contributed by atoms with Gasteiger partial charge in [0, 0.05) is 28.0 Å². The van der Waals surface area contributed by atoms with E-state index in [0.29, 0.717) is 22.3 Å². The van der Waals surface area contributed by atoms with Crippen molar-refractivity contribution in [1.82, 2.24) is 9.97 Å². The number of H-pyrrole nitrogens is 1. The number of Topliss-reactive ketones (excluding diaryl/α,β-unsaturated/α-hetero) is 1. The average molecular weight is 471 g/mol. The minimum absolute atomic E-state index is 0.0299. The highest BCUT2D eigenvalue weighted by molar-refractivity contribution is 7.21. The predicted octanol–water partition coefficient (Wildman–Crippen LogP) is 6.43. The minimum atomic E-state index is -0.140. The molecule has 35 heavy (non-hydrogen) atoms. The Bertz CT molecular complexity index is 1680. The summed E-state index contributed by atoms with van der Waals surface area (Å²) in [6.07, 6.45) is 1.75. The van der Waals surface area contributed by atoms with Crippen LogP contribution in [-0.4, -0.2) is 15.8 Å². The van der Waals surface area contributed by atoms with E-state index in [1.54, 1.807) is 23.5 Å². The number of nitriles is 1. The maximum atomic E-state index is 13.1. The Hall–Kier alpha value is -4.73. The van der Waals surface area contributed by atoms with E-state index < -0.39 is 0 Å². The van der Waals surface area contributed by atoms with Gasteiger partial charge in [-0.25, -0.2) is 4.98 Å². The van der Waals surface area contributed by atoms with Crippen molar-refractivity contribution in [2.75, 3.05) is 0 Å². The highest BCUT2D eigenvalue weighted by Gasteiger charge is 2.31. The summed E-state index contributed by atoms with van der Waals surface area (Å²) in [7, 11) is 0. The van der Waals surface area contributed by atoms with Crippen molar-refractivity contribution in [1.29, 1.82) is 5.26 Å². The van der Waals surface area contributed by atoms with Crippen LogP contribution in [0.5, 0.6) is 0 Å². The molecule has 0 amide bonds. The molecule has 1 aliphatic rings. The van der Waals surface area contributed by atoms with Gasteiger partial charge in [0.15, 0.2) is 5.78 Å². The summed E-state index contributed by atoms with van der Waals surface area (Å²) in [5, 5.41) is 10.3. The van der Waals surface area contributed by atoms with Gasteiger partial charge >= 0.3 is 0 Å². The number of ketones is 1. The van der Waals surface area contributed by atoms with Crippen LogP contribution in [-0.2, 0) is 0 Å². The summed E-state index contributed by atoms with van der Waals surface area (Å²) >= 11 is 1.58. The number of aromatic nitrogens is 2. The van der Waals surface area contributed by atoms with Gasteiger partial charge < -0.3 is 10.7 Å². The van der Waals surface area contributed by atoms with Crippen molar-refractivity contribution in [3.05, 3.63) is 113 Å². The number of carbonyl (C=O) groups excluding carboxylic acids is 1. The summed E-state index contributed by atoms with van der Waals surface area (Å²) in [5.74, 6) is -0.140. The van der Waals surface area contributed by atoms with Gasteiger partial charge in [-0.1, -0.05) is 78.9 Å². The fraction of sp³-hybridized carbons (Fsp3) is 0. The molecule has 0 unspecified atom stereocenters. The van der Waals surface area contributed by atoms with Gasteiger partial charge in [0.2, 0.25) is 0 Å². The molecule has 5 nitrogen and oxygen atoms in total. The Kier molecular flexibility index (Phi) is 4.91. The fourth-order valence-corrected chi connectivity index (χ4v) is 5.39. The second-order valence-electron chi connectivity index (χ2n) is 8.23. The first-order valence-electron chi connectivity index (χ1n) is 11.0. The number of rotatable bonds is 3. The number of hydrogen-bond donors (Lipinski definition) is 2. The van der Waals surface area contributed by atoms with Crippen molar-refractivity contribution >= 4 is 39.1 Å². The molecule has 0 saturated carbocycles. The molecule has 2 heterocycles. The fourth-order valence-electron chi connectivity index (χ4n) is 4.41. The average Bonchev–Trinajstić information content (AvgIpc) is 3.55. The van der Waals surface area contributed by atoms with Crippen LogP contribution in [0, 0.1) is 11.3 Å². The number of nitrogens with two attached hydrogens (primary N) is 1. The molecule has 5 aromatic rings. The van der Waals surface area contributed by atoms with Crippen molar-refractivity contribution in [3.8, 4) is 27.8 Å². The van der Waals surface area contributed by atoms with Crippen LogP contribution in [0.25, 0.3) is 43.7 Å². The molecule has 0 aliphatic heterocycles. The molecule has 2 aromatic heterocycles. The van der Waals surface area contributed by atoms with E-state index >= 15 is 0 Å². The van der Waals surface area contributed by atoms with Crippen LogP contribution in [0.3, 0.4) is 0 Å². The SMILES string of the molecule is N#C/C(N)=C1\C(=C\c2cc3sc(-c4ccc(-c5ccccc5)cc4)nc3[nH]2)C(=O)c2ccccc21. The highest BCUT2D eigenvalue weighted by atomic mass is 32.1. The van der Waals surface area contributed by atoms with E-state index in [9.17, 15) is 10.1 Å². The van der Waals surface area contributed by atoms with Crippen LogP contribution in [0.1, 0.15) is 21.6 Å². The van der Waals surface area contributed by atoms with Crippen molar-refractivity contribution in [3.63, 3.8) is 0 Å². The van der Waals surface area contributed by atoms with E-state index in [-0.39, 0.29) is 11.5 Å². The van der Waals surface area contributed by atoms with Gasteiger partial charge in [-0.15, -0.1) is 11.3 Å². The van der Waals surface area contributed by atoms with Crippen LogP contribution < -0.4 is 5.73 Å². The van der Waals surface area contributed by atoms with Gasteiger partial charge in [0.25, 0.3) is 0 Å². The highest BCUT2D eigenvalue weighted by Crippen LogP contribution is 2.39. The first kappa shape index (κ1) is 20.8. The van der Waals surface area contributed by atoms with E-state index in [1.807, 2.05) is 48.5 Å². The smallest absolute Gasteiger partial charge is 0.194 e. The summed E-state index contributed by atoms with van der Waals surface area (Å²) < 4.78 is 0.987. The maximum Gasteiger partial charge on any atom is 0.194 e. The number of allylic oxidation sites excluding steroid dienone is 3. The Balaban J connectivity index is 1.34. The van der Waals surface area contributed by atoms with Crippen LogP contribution in [0.4, 0.5) is 0 Å². The molecular formula is C29H18N4OS. The summed E-state index contributed by atoms with van der Waals surface area (Å²) in [5.41, 5.74) is 13.0. The number of fused-ring (bicyclic) bond motifs is 2. The number of hydrogen-bond acceptors (Lipinski definition) is 5. The largest absolute Gasteiger partial charge is 0.390 e. The van der Waals surface area contributed by atoms with E-state index in [1.165, 1.54) is 5.56 Å². The van der Waals surface area contributed by atoms with Crippen molar-refractivity contribution in [2.45, 2.75) is 0 Å². The molecule has 6 heteroatoms. The molecule has 0 radical (unpaired) electrons. The van der Waals surface area contributed by atoms with Crippen molar-refractivity contribution < 1.29 is 4.79 Å². The maximum absolute atomic E-state index is 13.1. The van der Waals surface area contributed by atoms with E-state index in [4.69, 9.17) is 10.7 Å². The molecule has 6 rings (SSSR count). The van der Waals surface area contributed by atoms with Gasteiger partial charge in [-0.05, 0) is 28.8 Å². The van der Waals surface area contributed by atoms with Gasteiger partial charge in [0.05, 0.1) is 4.70 Å². The standard InChI is InChI=1S/C29H18N4OS/c30-16-24(31)26-21-8-4-5-9-22(21)27(34)23(26)14-20-15-25-28(32-20)33-29(35-25)19-12-10-18(11-13-19)17-6-2-1-3-7-17/h1-15,32H,31H2/b23-14-,26-24+. The number of thiazole rings is 1. The molecule has 0 saturated heterocycles. The van der Waals surface area contributed by atoms with Gasteiger partial charge in [-0.3, -0.25) is 4.79 Å². The number of carbonyl (C=O) groups is 1. The third-order valence-corrected chi connectivity index (χ3v) is 7.14. The zero-order valence-corrected chi connectivity index (χ0v) is 19.3. The first-order valence-corrected chi connectivity index (χ1v) is 11.9. The summed E-state index contributed by atoms with van der Waals surface area (Å²) in [4.78, 5) is 21.1. The quantitative estimate of drug-likeness (QED) is 0.235. The minimum Gasteiger partial charge on any atom is -0.390 e. The van der Waals surface area contributed by atoms with Gasteiger partial charge in [0.1, 0.15) is 22.4 Å². The zero-order chi connectivity index (χ0) is 23.9. The van der Waals surface area contributed by atoms with Crippen LogP contribution in [0.15, 0.2) is 96.2 Å². The number of benzene rings is 3. The molecular weight excluding hydrogens is 452 g/mol. The Morgan fingerprint density at radius 1 is 0.914 bits per heavy atom. The Morgan fingerprint density at radius 2 is 1.57 bits per heavy atom. The lowest BCUT2D eigenvalue weighted by Crippen LogP contribution is -2.01. The predicted molar refractivity (Wildman–Crippen MR) is 140 cm³/mol. The monoisotopic (exact) mass is 470 g/mol. The second-order valence-corrected chi connectivity index (χ2v) is 9.26. The summed E-state index contributed by atoms with van der Waals surface area (Å²) in [6.45, 7) is 0. The molecule has 1 aliphatic carbocycles. The Morgan fingerprint density at radius 3 is 2.29 bits per heavy atom. The lowest BCUT2D eigenvalue weighted by molar-refractivity contribution is 0.104.